The van der Waals surface area contributed by atoms with Crippen LogP contribution in [-0.4, -0.2) is 11.6 Å². The van der Waals surface area contributed by atoms with Crippen LogP contribution in [0.2, 0.25) is 0 Å². The average Bonchev–Trinajstić information content (AvgIpc) is 1.82. The van der Waals surface area contributed by atoms with Crippen LogP contribution in [0.15, 0.2) is 24.8 Å². The zero-order chi connectivity index (χ0) is 9.07. The molecular weight excluding hydrogens is 140 g/mol. The number of carbonyl (C=O) groups is 1. The first-order valence-electron chi connectivity index (χ1n) is 3.41. The number of hydrogen-bond acceptors (Lipinski definition) is 2. The molecule has 0 rings (SSSR count). The Kier molecular flexibility index (Phi) is 3.05. The van der Waals surface area contributed by atoms with E-state index in [9.17, 15) is 4.79 Å². The van der Waals surface area contributed by atoms with Gasteiger partial charge in [-0.2, -0.15) is 0 Å². The summed E-state index contributed by atoms with van der Waals surface area (Å²) in [5.74, 6) is -0.410. The molecule has 0 aromatic carbocycles. The van der Waals surface area contributed by atoms with E-state index in [4.69, 9.17) is 4.74 Å². The van der Waals surface area contributed by atoms with Crippen molar-refractivity contribution in [1.82, 2.24) is 0 Å². The van der Waals surface area contributed by atoms with Crippen molar-refractivity contribution in [2.45, 2.75) is 26.4 Å². The van der Waals surface area contributed by atoms with E-state index in [1.807, 2.05) is 0 Å². The van der Waals surface area contributed by atoms with Crippen molar-refractivity contribution >= 4 is 5.97 Å². The summed E-state index contributed by atoms with van der Waals surface area (Å²) in [5, 5.41) is 0. The lowest BCUT2D eigenvalue weighted by Gasteiger charge is -2.19. The van der Waals surface area contributed by atoms with Crippen LogP contribution in [0, 0.1) is 0 Å². The Morgan fingerprint density at radius 1 is 1.45 bits per heavy atom. The summed E-state index contributed by atoms with van der Waals surface area (Å²) in [6, 6.07) is 0. The summed E-state index contributed by atoms with van der Waals surface area (Å²) in [4.78, 5) is 11.0. The molecule has 0 atom stereocenters. The first-order chi connectivity index (χ1) is 4.87. The Balaban J connectivity index is 4.09. The van der Waals surface area contributed by atoms with Gasteiger partial charge in [-0.15, -0.1) is 0 Å². The highest BCUT2D eigenvalue weighted by Gasteiger charge is 2.16. The van der Waals surface area contributed by atoms with Crippen LogP contribution in [0.5, 0.6) is 0 Å². The van der Waals surface area contributed by atoms with Crippen molar-refractivity contribution in [2.75, 3.05) is 0 Å². The molecule has 0 unspecified atom stereocenters. The third-order valence-electron chi connectivity index (χ3n) is 0.907. The predicted octanol–water partition coefficient (Wildman–Crippen LogP) is 2.07. The maximum absolute atomic E-state index is 11.0. The summed E-state index contributed by atoms with van der Waals surface area (Å²) in [7, 11) is 0. The second-order valence-electron chi connectivity index (χ2n) is 3.23. The zero-order valence-corrected chi connectivity index (χ0v) is 7.31. The average molecular weight is 154 g/mol. The fraction of sp³-hybridized carbons (Fsp3) is 0.444. The third kappa shape index (κ3) is 4.37. The Bertz CT molecular complexity index is 184. The highest BCUT2D eigenvalue weighted by molar-refractivity contribution is 5.90. The van der Waals surface area contributed by atoms with Gasteiger partial charge in [-0.25, -0.2) is 4.79 Å². The van der Waals surface area contributed by atoms with E-state index in [1.54, 1.807) is 20.8 Å². The molecule has 2 heteroatoms. The maximum Gasteiger partial charge on any atom is 0.338 e. The van der Waals surface area contributed by atoms with Crippen molar-refractivity contribution < 1.29 is 9.53 Å². The number of carbonyl (C=O) groups excluding carboxylic acids is 1. The van der Waals surface area contributed by atoms with Gasteiger partial charge in [0.25, 0.3) is 0 Å². The molecule has 2 nitrogen and oxygen atoms in total. The van der Waals surface area contributed by atoms with E-state index in [0.29, 0.717) is 5.57 Å². The van der Waals surface area contributed by atoms with Gasteiger partial charge in [-0.3, -0.25) is 0 Å². The van der Waals surface area contributed by atoms with Crippen LogP contribution in [0.3, 0.4) is 0 Å². The van der Waals surface area contributed by atoms with Gasteiger partial charge in [-0.1, -0.05) is 19.2 Å². The number of rotatable bonds is 2. The van der Waals surface area contributed by atoms with Gasteiger partial charge in [0.2, 0.25) is 0 Å². The second kappa shape index (κ2) is 3.37. The summed E-state index contributed by atoms with van der Waals surface area (Å²) in [5.41, 5.74) is -0.164. The van der Waals surface area contributed by atoms with E-state index in [2.05, 4.69) is 13.2 Å². The molecule has 0 fully saturated rings. The van der Waals surface area contributed by atoms with E-state index >= 15 is 0 Å². The molecule has 0 saturated heterocycles. The minimum absolute atomic E-state index is 0.292. The summed E-state index contributed by atoms with van der Waals surface area (Å²) < 4.78 is 4.98. The molecule has 0 spiro atoms. The Morgan fingerprint density at radius 2 is 1.91 bits per heavy atom. The molecule has 62 valence electrons. The van der Waals surface area contributed by atoms with Crippen LogP contribution in [0.4, 0.5) is 0 Å². The van der Waals surface area contributed by atoms with Crippen molar-refractivity contribution in [3.05, 3.63) is 24.8 Å². The largest absolute Gasteiger partial charge is 0.456 e. The standard InChI is InChI=1S/C9H14O2/c1-6-7(2)8(10)11-9(3,4)5/h6H,1-2H2,3-5H3. The van der Waals surface area contributed by atoms with Gasteiger partial charge in [0.1, 0.15) is 5.60 Å². The highest BCUT2D eigenvalue weighted by atomic mass is 16.6. The monoisotopic (exact) mass is 154 g/mol. The summed E-state index contributed by atoms with van der Waals surface area (Å²) in [6.07, 6.45) is 1.38. The lowest BCUT2D eigenvalue weighted by atomic mass is 10.2. The van der Waals surface area contributed by atoms with E-state index in [0.717, 1.165) is 0 Å². The second-order valence-corrected chi connectivity index (χ2v) is 3.23. The van der Waals surface area contributed by atoms with Crippen LogP contribution in [-0.2, 0) is 9.53 Å². The summed E-state index contributed by atoms with van der Waals surface area (Å²) in [6.45, 7) is 12.3. The normalized spacial score (nSPS) is 10.5. The fourth-order valence-electron chi connectivity index (χ4n) is 0.427. The van der Waals surface area contributed by atoms with Crippen LogP contribution >= 0.6 is 0 Å². The zero-order valence-electron chi connectivity index (χ0n) is 7.31. The van der Waals surface area contributed by atoms with Gasteiger partial charge >= 0.3 is 5.97 Å². The molecule has 0 amide bonds. The van der Waals surface area contributed by atoms with Gasteiger partial charge in [-0.05, 0) is 20.8 Å². The Morgan fingerprint density at radius 3 is 2.18 bits per heavy atom. The van der Waals surface area contributed by atoms with Crippen molar-refractivity contribution in [2.24, 2.45) is 0 Å². The SMILES string of the molecule is C=CC(=C)C(=O)OC(C)(C)C. The fourth-order valence-corrected chi connectivity index (χ4v) is 0.427. The van der Waals surface area contributed by atoms with Gasteiger partial charge in [0, 0.05) is 0 Å². The van der Waals surface area contributed by atoms with Crippen molar-refractivity contribution in [3.8, 4) is 0 Å². The molecule has 0 heterocycles. The lowest BCUT2D eigenvalue weighted by molar-refractivity contribution is -0.149. The molecule has 0 aliphatic rings. The predicted molar refractivity (Wildman–Crippen MR) is 45.2 cm³/mol. The topological polar surface area (TPSA) is 26.3 Å². The summed E-state index contributed by atoms with van der Waals surface area (Å²) >= 11 is 0. The molecule has 0 aromatic heterocycles. The van der Waals surface area contributed by atoms with Crippen LogP contribution in [0.1, 0.15) is 20.8 Å². The van der Waals surface area contributed by atoms with Crippen LogP contribution in [0.25, 0.3) is 0 Å². The van der Waals surface area contributed by atoms with E-state index < -0.39 is 11.6 Å². The minimum atomic E-state index is -0.455. The first kappa shape index (κ1) is 9.95. The number of ether oxygens (including phenoxy) is 1. The molecule has 11 heavy (non-hydrogen) atoms. The van der Waals surface area contributed by atoms with Gasteiger partial charge < -0.3 is 4.74 Å². The van der Waals surface area contributed by atoms with Crippen LogP contribution < -0.4 is 0 Å². The van der Waals surface area contributed by atoms with E-state index in [1.165, 1.54) is 6.08 Å². The lowest BCUT2D eigenvalue weighted by Crippen LogP contribution is -2.24. The number of hydrogen-bond donors (Lipinski definition) is 0. The molecule has 0 bridgehead atoms. The quantitative estimate of drug-likeness (QED) is 0.346. The third-order valence-corrected chi connectivity index (χ3v) is 0.907. The minimum Gasteiger partial charge on any atom is -0.456 e. The maximum atomic E-state index is 11.0. The smallest absolute Gasteiger partial charge is 0.338 e. The van der Waals surface area contributed by atoms with Gasteiger partial charge in [0.05, 0.1) is 5.57 Å². The molecule has 0 radical (unpaired) electrons. The molecule has 0 aliphatic heterocycles. The van der Waals surface area contributed by atoms with Crippen molar-refractivity contribution in [1.29, 1.82) is 0 Å². The number of esters is 1. The van der Waals surface area contributed by atoms with E-state index in [-0.39, 0.29) is 0 Å². The highest BCUT2D eigenvalue weighted by Crippen LogP contribution is 2.09. The van der Waals surface area contributed by atoms with Crippen molar-refractivity contribution in [3.63, 3.8) is 0 Å². The molecule has 0 aliphatic carbocycles. The molecule has 0 saturated carbocycles. The molecule has 0 N–H and O–H groups in total. The molecular formula is C9H14O2. The Labute approximate surface area is 67.6 Å². The van der Waals surface area contributed by atoms with Gasteiger partial charge in [0.15, 0.2) is 0 Å². The molecule has 0 aromatic rings. The Hall–Kier alpha value is -1.05. The first-order valence-corrected chi connectivity index (χ1v) is 3.41.